The first-order valence-corrected chi connectivity index (χ1v) is 24.0. The van der Waals surface area contributed by atoms with Crippen molar-refractivity contribution < 1.29 is 19.0 Å². The lowest BCUT2D eigenvalue weighted by atomic mass is 9.88. The molecule has 12 heteroatoms. The minimum absolute atomic E-state index is 0.181. The number of anilines is 1. The lowest BCUT2D eigenvalue weighted by Gasteiger charge is -2.39. The van der Waals surface area contributed by atoms with E-state index in [-0.39, 0.29) is 24.1 Å². The summed E-state index contributed by atoms with van der Waals surface area (Å²) in [5.41, 5.74) is 1.43. The van der Waals surface area contributed by atoms with Crippen LogP contribution in [-0.2, 0) is 14.2 Å². The van der Waals surface area contributed by atoms with Gasteiger partial charge >= 0.3 is 6.09 Å². The number of amides is 1. The van der Waals surface area contributed by atoms with Gasteiger partial charge in [-0.1, -0.05) is 39.3 Å². The number of hydrogen-bond acceptors (Lipinski definition) is 7. The van der Waals surface area contributed by atoms with E-state index in [9.17, 15) is 4.79 Å². The van der Waals surface area contributed by atoms with Crippen molar-refractivity contribution in [2.75, 3.05) is 31.6 Å². The quantitative estimate of drug-likeness (QED) is 0.0975. The molecule has 0 N–H and O–H groups in total. The summed E-state index contributed by atoms with van der Waals surface area (Å²) in [5, 5.41) is 4.71. The summed E-state index contributed by atoms with van der Waals surface area (Å²) >= 11 is 2.33. The van der Waals surface area contributed by atoms with Crippen molar-refractivity contribution in [1.82, 2.24) is 19.5 Å². The highest BCUT2D eigenvalue weighted by Crippen LogP contribution is 2.44. The first-order valence-electron chi connectivity index (χ1n) is 15.5. The number of rotatable bonds is 12. The van der Waals surface area contributed by atoms with Gasteiger partial charge < -0.3 is 24.0 Å². The molecule has 42 heavy (non-hydrogen) atoms. The minimum atomic E-state index is -1.20. The second kappa shape index (κ2) is 13.4. The molecule has 0 radical (unpaired) electrons. The van der Waals surface area contributed by atoms with Gasteiger partial charge in [-0.05, 0) is 81.1 Å². The molecule has 236 valence electrons. The monoisotopic (exact) mass is 729 g/mol. The molecule has 2 aliphatic rings. The van der Waals surface area contributed by atoms with Crippen LogP contribution in [0.25, 0.3) is 5.65 Å². The van der Waals surface area contributed by atoms with Crippen LogP contribution in [0, 0.1) is 3.57 Å². The van der Waals surface area contributed by atoms with Crippen LogP contribution in [0.4, 0.5) is 10.6 Å². The van der Waals surface area contributed by atoms with E-state index in [0.717, 1.165) is 71.7 Å². The van der Waals surface area contributed by atoms with Gasteiger partial charge in [0.25, 0.3) is 0 Å². The van der Waals surface area contributed by atoms with Gasteiger partial charge in [-0.2, -0.15) is 9.61 Å². The van der Waals surface area contributed by atoms with Crippen LogP contribution in [0.5, 0.6) is 0 Å². The van der Waals surface area contributed by atoms with E-state index in [1.807, 2.05) is 36.4 Å². The standard InChI is InChI=1S/C30H52IN5O4Si2/c1-30(2,3)40-29(37)35-23-10-11-24(35)17-22(16-23)26-18-27(36-28(33-26)25(31)19-32-36)34(20-38-12-14-41(4,5)6)21-39-13-15-42(7,8)9/h18-19,22-24H,10-17,20-21H2,1-9H3/t22-,23-,24?/m0/s1. The van der Waals surface area contributed by atoms with E-state index in [1.54, 1.807) is 0 Å². The molecular weight excluding hydrogens is 677 g/mol. The number of nitrogens with zero attached hydrogens (tertiary/aromatic N) is 5. The smallest absolute Gasteiger partial charge is 0.410 e. The van der Waals surface area contributed by atoms with Crippen LogP contribution >= 0.6 is 22.6 Å². The zero-order chi connectivity index (χ0) is 30.9. The fraction of sp³-hybridized carbons (Fsp3) is 0.767. The predicted octanol–water partition coefficient (Wildman–Crippen LogP) is 7.41. The van der Waals surface area contributed by atoms with E-state index >= 15 is 0 Å². The lowest BCUT2D eigenvalue weighted by Crippen LogP contribution is -2.48. The molecule has 1 amide bonds. The van der Waals surface area contributed by atoms with Crippen LogP contribution in [0.3, 0.4) is 0 Å². The Labute approximate surface area is 268 Å². The Morgan fingerprint density at radius 1 is 1.00 bits per heavy atom. The zero-order valence-corrected chi connectivity index (χ0v) is 31.4. The molecule has 2 bridgehead atoms. The molecule has 2 aromatic rings. The predicted molar refractivity (Wildman–Crippen MR) is 183 cm³/mol. The number of ether oxygens (including phenoxy) is 3. The van der Waals surface area contributed by atoms with E-state index in [0.29, 0.717) is 13.5 Å². The first-order chi connectivity index (χ1) is 19.5. The summed E-state index contributed by atoms with van der Waals surface area (Å²) in [6, 6.07) is 4.78. The van der Waals surface area contributed by atoms with E-state index in [1.165, 1.54) is 0 Å². The van der Waals surface area contributed by atoms with Gasteiger partial charge in [-0.3, -0.25) is 0 Å². The highest BCUT2D eigenvalue weighted by atomic mass is 127. The summed E-state index contributed by atoms with van der Waals surface area (Å²) in [6.07, 6.45) is 5.51. The van der Waals surface area contributed by atoms with Gasteiger partial charge in [-0.25, -0.2) is 9.78 Å². The van der Waals surface area contributed by atoms with Gasteiger partial charge in [-0.15, -0.1) is 0 Å². The fourth-order valence-electron chi connectivity index (χ4n) is 5.68. The van der Waals surface area contributed by atoms with E-state index < -0.39 is 21.7 Å². The molecule has 2 fully saturated rings. The summed E-state index contributed by atoms with van der Waals surface area (Å²) in [6.45, 7) is 22.4. The number of carbonyl (C=O) groups excluding carboxylic acids is 1. The molecule has 0 aromatic carbocycles. The topological polar surface area (TPSA) is 81.4 Å². The molecule has 4 rings (SSSR count). The third-order valence-electron chi connectivity index (χ3n) is 8.00. The van der Waals surface area contributed by atoms with Crippen molar-refractivity contribution >= 4 is 56.3 Å². The van der Waals surface area contributed by atoms with Gasteiger partial charge in [0, 0.05) is 59.1 Å². The average molecular weight is 730 g/mol. The maximum Gasteiger partial charge on any atom is 0.410 e. The molecule has 2 aromatic heterocycles. The molecule has 3 atom stereocenters. The molecule has 9 nitrogen and oxygen atoms in total. The highest BCUT2D eigenvalue weighted by molar-refractivity contribution is 14.1. The molecule has 1 unspecified atom stereocenters. The summed E-state index contributed by atoms with van der Waals surface area (Å²) in [5.74, 6) is 1.21. The largest absolute Gasteiger partial charge is 0.444 e. The second-order valence-electron chi connectivity index (χ2n) is 15.4. The second-order valence-corrected chi connectivity index (χ2v) is 27.8. The van der Waals surface area contributed by atoms with Crippen LogP contribution in [0.2, 0.25) is 51.4 Å². The number of hydrogen-bond donors (Lipinski definition) is 0. The van der Waals surface area contributed by atoms with Crippen molar-refractivity contribution in [2.24, 2.45) is 0 Å². The molecule has 2 saturated heterocycles. The fourth-order valence-corrected chi connectivity index (χ4v) is 7.67. The van der Waals surface area contributed by atoms with Crippen molar-refractivity contribution in [3.8, 4) is 0 Å². The maximum absolute atomic E-state index is 13.1. The number of piperidine rings is 1. The highest BCUT2D eigenvalue weighted by Gasteiger charge is 2.45. The zero-order valence-electron chi connectivity index (χ0n) is 27.2. The number of halogens is 1. The molecule has 4 heterocycles. The number of aromatic nitrogens is 3. The van der Waals surface area contributed by atoms with Gasteiger partial charge in [0.2, 0.25) is 0 Å². The number of carbonyl (C=O) groups is 1. The summed E-state index contributed by atoms with van der Waals surface area (Å²) < 4.78 is 21.2. The Hall–Kier alpha value is -1.23. The lowest BCUT2D eigenvalue weighted by molar-refractivity contribution is 0.00569. The van der Waals surface area contributed by atoms with Gasteiger partial charge in [0.15, 0.2) is 5.65 Å². The van der Waals surface area contributed by atoms with Gasteiger partial charge in [0.05, 0.1) is 9.77 Å². The summed E-state index contributed by atoms with van der Waals surface area (Å²) in [4.78, 5) is 22.4. The van der Waals surface area contributed by atoms with E-state index in [2.05, 4.69) is 72.8 Å². The molecular formula is C30H52IN5O4Si2. The third kappa shape index (κ3) is 9.15. The third-order valence-corrected chi connectivity index (χ3v) is 12.2. The molecule has 0 spiro atoms. The van der Waals surface area contributed by atoms with Crippen molar-refractivity contribution in [3.63, 3.8) is 0 Å². The Morgan fingerprint density at radius 2 is 1.55 bits per heavy atom. The Morgan fingerprint density at radius 3 is 2.05 bits per heavy atom. The average Bonchev–Trinajstić information content (AvgIpc) is 3.36. The maximum atomic E-state index is 13.1. The van der Waals surface area contributed by atoms with Crippen LogP contribution in [0.15, 0.2) is 12.3 Å². The van der Waals surface area contributed by atoms with Crippen LogP contribution < -0.4 is 4.90 Å². The number of fused-ring (bicyclic) bond motifs is 3. The van der Waals surface area contributed by atoms with Crippen molar-refractivity contribution in [2.45, 2.75) is 121 Å². The van der Waals surface area contributed by atoms with Gasteiger partial charge in [0.1, 0.15) is 24.9 Å². The molecule has 2 aliphatic heterocycles. The van der Waals surface area contributed by atoms with Crippen LogP contribution in [-0.4, -0.2) is 86.1 Å². The van der Waals surface area contributed by atoms with Crippen LogP contribution in [0.1, 0.15) is 58.1 Å². The Kier molecular flexibility index (Phi) is 10.7. The normalized spacial score (nSPS) is 21.3. The molecule has 0 aliphatic carbocycles. The van der Waals surface area contributed by atoms with Crippen molar-refractivity contribution in [1.29, 1.82) is 0 Å². The Bertz CT molecular complexity index is 1190. The molecule has 0 saturated carbocycles. The minimum Gasteiger partial charge on any atom is -0.444 e. The summed E-state index contributed by atoms with van der Waals surface area (Å²) in [7, 11) is -2.41. The Balaban J connectivity index is 1.58. The van der Waals surface area contributed by atoms with Crippen molar-refractivity contribution in [3.05, 3.63) is 21.5 Å². The van der Waals surface area contributed by atoms with E-state index in [4.69, 9.17) is 24.3 Å². The first kappa shape index (κ1) is 33.7. The SMILES string of the molecule is CC(C)(C)OC(=O)N1C2CC[C@H]1C[C@H](c1cc(N(COCC[Si](C)(C)C)COCC[Si](C)(C)C)n3ncc(I)c3n1)C2.